The molecule has 0 bridgehead atoms. The Hall–Kier alpha value is -5.86. The first-order valence-corrected chi connectivity index (χ1v) is 16.4. The summed E-state index contributed by atoms with van der Waals surface area (Å²) in [6.07, 6.45) is 1.81. The van der Waals surface area contributed by atoms with Crippen molar-refractivity contribution in [3.05, 3.63) is 144 Å². The van der Waals surface area contributed by atoms with Crippen LogP contribution in [0.25, 0.3) is 86.5 Å². The number of phenolic OH excluding ortho intramolecular Hbond substituents is 2. The van der Waals surface area contributed by atoms with Crippen LogP contribution in [0.15, 0.2) is 127 Å². The first-order valence-electron chi connectivity index (χ1n) is 16.4. The SMILES string of the molecule is Oc1ccc2ccc3c4c(cc5ccc1c2c53)-c1cc2ccc3c(O)ccc5ccc(c1CC(c1cccc6ccccc16)C4)c2c53. The highest BCUT2D eigenvalue weighted by molar-refractivity contribution is 6.28. The molecule has 0 amide bonds. The van der Waals surface area contributed by atoms with Crippen LogP contribution in [-0.2, 0) is 12.8 Å². The van der Waals surface area contributed by atoms with E-state index in [1.165, 1.54) is 70.9 Å². The van der Waals surface area contributed by atoms with Crippen molar-refractivity contribution in [2.75, 3.05) is 0 Å². The van der Waals surface area contributed by atoms with Gasteiger partial charge in [-0.15, -0.1) is 0 Å². The molecule has 0 heterocycles. The number of hydrogen-bond acceptors (Lipinski definition) is 2. The molecule has 0 radical (unpaired) electrons. The predicted octanol–water partition coefficient (Wildman–Crippen LogP) is 11.6. The monoisotopic (exact) mass is 600 g/mol. The number of hydrogen-bond donors (Lipinski definition) is 2. The molecular weight excluding hydrogens is 572 g/mol. The Morgan fingerprint density at radius 3 is 1.45 bits per heavy atom. The molecule has 47 heavy (non-hydrogen) atoms. The Morgan fingerprint density at radius 2 is 0.851 bits per heavy atom. The Bertz CT molecular complexity index is 2770. The van der Waals surface area contributed by atoms with Crippen LogP contribution in [0.4, 0.5) is 0 Å². The summed E-state index contributed by atoms with van der Waals surface area (Å²) in [7, 11) is 0. The minimum absolute atomic E-state index is 0.250. The van der Waals surface area contributed by atoms with E-state index in [-0.39, 0.29) is 5.92 Å². The first-order chi connectivity index (χ1) is 23.1. The van der Waals surface area contributed by atoms with Crippen LogP contribution in [0.1, 0.15) is 22.6 Å². The molecule has 0 fully saturated rings. The smallest absolute Gasteiger partial charge is 0.123 e. The van der Waals surface area contributed by atoms with Crippen LogP contribution >= 0.6 is 0 Å². The van der Waals surface area contributed by atoms with Crippen LogP contribution in [0.3, 0.4) is 0 Å². The second kappa shape index (κ2) is 8.90. The summed E-state index contributed by atoms with van der Waals surface area (Å²) in [5.74, 6) is 0.909. The molecule has 0 saturated heterocycles. The van der Waals surface area contributed by atoms with Gasteiger partial charge < -0.3 is 10.2 Å². The van der Waals surface area contributed by atoms with Crippen molar-refractivity contribution in [2.45, 2.75) is 18.8 Å². The lowest BCUT2D eigenvalue weighted by atomic mass is 9.83. The van der Waals surface area contributed by atoms with Crippen molar-refractivity contribution in [2.24, 2.45) is 0 Å². The van der Waals surface area contributed by atoms with E-state index in [4.69, 9.17) is 0 Å². The lowest BCUT2D eigenvalue weighted by Crippen LogP contribution is -2.07. The maximum absolute atomic E-state index is 10.9. The van der Waals surface area contributed by atoms with Gasteiger partial charge in [-0.1, -0.05) is 103 Å². The summed E-state index contributed by atoms with van der Waals surface area (Å²) in [4.78, 5) is 0. The minimum Gasteiger partial charge on any atom is -0.507 e. The molecule has 2 N–H and O–H groups in total. The average Bonchev–Trinajstić information content (AvgIpc) is 3.27. The van der Waals surface area contributed by atoms with E-state index in [0.29, 0.717) is 11.5 Å². The summed E-state index contributed by atoms with van der Waals surface area (Å²) in [5.41, 5.74) is 6.72. The van der Waals surface area contributed by atoms with E-state index < -0.39 is 0 Å². The van der Waals surface area contributed by atoms with Gasteiger partial charge in [0, 0.05) is 21.5 Å². The molecule has 2 heteroatoms. The molecule has 220 valence electrons. The van der Waals surface area contributed by atoms with Crippen LogP contribution in [0.2, 0.25) is 0 Å². The van der Waals surface area contributed by atoms with Crippen LogP contribution in [-0.4, -0.2) is 10.2 Å². The van der Waals surface area contributed by atoms with Gasteiger partial charge in [0.15, 0.2) is 0 Å². The molecule has 10 aromatic carbocycles. The number of aromatic hydroxyl groups is 2. The third kappa shape index (κ3) is 3.29. The molecule has 2 nitrogen and oxygen atoms in total. The molecule has 0 unspecified atom stereocenters. The van der Waals surface area contributed by atoms with Crippen LogP contribution < -0.4 is 0 Å². The third-order valence-electron chi connectivity index (χ3n) is 11.2. The fourth-order valence-electron chi connectivity index (χ4n) is 9.15. The van der Waals surface area contributed by atoms with Gasteiger partial charge in [0.2, 0.25) is 0 Å². The molecule has 0 spiro atoms. The fraction of sp³-hybridized carbons (Fsp3) is 0.0667. The second-order valence-electron chi connectivity index (χ2n) is 13.5. The Kier molecular flexibility index (Phi) is 4.80. The van der Waals surface area contributed by atoms with Crippen molar-refractivity contribution in [1.29, 1.82) is 0 Å². The van der Waals surface area contributed by atoms with Gasteiger partial charge in [-0.05, 0) is 125 Å². The maximum atomic E-state index is 10.9. The zero-order chi connectivity index (χ0) is 31.0. The van der Waals surface area contributed by atoms with E-state index in [1.807, 2.05) is 24.3 Å². The fourth-order valence-corrected chi connectivity index (χ4v) is 9.15. The number of rotatable bonds is 1. The van der Waals surface area contributed by atoms with Gasteiger partial charge >= 0.3 is 0 Å². The van der Waals surface area contributed by atoms with Crippen LogP contribution in [0.5, 0.6) is 11.5 Å². The summed E-state index contributed by atoms with van der Waals surface area (Å²) < 4.78 is 0. The quantitative estimate of drug-likeness (QED) is 0.184. The highest BCUT2D eigenvalue weighted by Crippen LogP contribution is 2.50. The zero-order valence-electron chi connectivity index (χ0n) is 25.5. The normalized spacial score (nSPS) is 13.9. The van der Waals surface area contributed by atoms with Crippen molar-refractivity contribution in [3.8, 4) is 22.6 Å². The molecule has 0 saturated carbocycles. The molecule has 10 aromatic rings. The van der Waals surface area contributed by atoms with Crippen LogP contribution in [0, 0.1) is 0 Å². The van der Waals surface area contributed by atoms with Crippen molar-refractivity contribution >= 4 is 75.4 Å². The lowest BCUT2D eigenvalue weighted by Gasteiger charge is -2.21. The Labute approximate surface area is 270 Å². The summed E-state index contributed by atoms with van der Waals surface area (Å²) in [5, 5.41) is 38.2. The second-order valence-corrected chi connectivity index (χ2v) is 13.5. The van der Waals surface area contributed by atoms with Gasteiger partial charge in [-0.3, -0.25) is 0 Å². The predicted molar refractivity (Wildman–Crippen MR) is 197 cm³/mol. The standard InChI is InChI=1S/C45H28O2/c46-40-18-12-25-8-14-32-36-22-29(31-7-3-5-24-4-1-2-6-30(24)31)23-37-33-15-9-26-13-19-41(47)35-17-11-28(45(33)43(26)35)21-39(37)38(36)20-27-10-16-34(40)42(25)44(27)32/h1-21,29,46-47H,22-23H2. The van der Waals surface area contributed by atoms with E-state index in [2.05, 4.69) is 103 Å². The average molecular weight is 601 g/mol. The minimum atomic E-state index is 0.250. The molecule has 0 atom stereocenters. The van der Waals surface area contributed by atoms with Gasteiger partial charge in [0.05, 0.1) is 0 Å². The summed E-state index contributed by atoms with van der Waals surface area (Å²) in [6, 6.07) is 45.7. The molecule has 0 aromatic heterocycles. The topological polar surface area (TPSA) is 40.5 Å². The van der Waals surface area contributed by atoms with Crippen molar-refractivity contribution in [3.63, 3.8) is 0 Å². The first kappa shape index (κ1) is 25.3. The van der Waals surface area contributed by atoms with Gasteiger partial charge in [0.1, 0.15) is 11.5 Å². The van der Waals surface area contributed by atoms with E-state index in [9.17, 15) is 10.2 Å². The summed E-state index contributed by atoms with van der Waals surface area (Å²) in [6.45, 7) is 0. The number of phenols is 2. The van der Waals surface area contributed by atoms with E-state index in [0.717, 1.165) is 45.2 Å². The third-order valence-corrected chi connectivity index (χ3v) is 11.2. The molecule has 1 aliphatic rings. The highest BCUT2D eigenvalue weighted by Gasteiger charge is 2.29. The molecule has 0 aliphatic heterocycles. The summed E-state index contributed by atoms with van der Waals surface area (Å²) >= 11 is 0. The van der Waals surface area contributed by atoms with Crippen molar-refractivity contribution < 1.29 is 10.2 Å². The van der Waals surface area contributed by atoms with Crippen molar-refractivity contribution in [1.82, 2.24) is 0 Å². The van der Waals surface area contributed by atoms with E-state index >= 15 is 0 Å². The molecule has 1 aliphatic carbocycles. The number of fused-ring (bicyclic) bond motifs is 6. The van der Waals surface area contributed by atoms with E-state index in [1.54, 1.807) is 0 Å². The van der Waals surface area contributed by atoms with Gasteiger partial charge in [-0.2, -0.15) is 0 Å². The number of benzene rings is 10. The zero-order valence-corrected chi connectivity index (χ0v) is 25.5. The highest BCUT2D eigenvalue weighted by atomic mass is 16.3. The van der Waals surface area contributed by atoms with Gasteiger partial charge in [-0.25, -0.2) is 0 Å². The Balaban J connectivity index is 1.31. The molecular formula is C45H28O2. The molecule has 11 rings (SSSR count). The maximum Gasteiger partial charge on any atom is 0.123 e. The lowest BCUT2D eigenvalue weighted by molar-refractivity contribution is 0.481. The largest absolute Gasteiger partial charge is 0.507 e. The Morgan fingerprint density at radius 1 is 0.383 bits per heavy atom. The van der Waals surface area contributed by atoms with Gasteiger partial charge in [0.25, 0.3) is 0 Å².